The normalized spacial score (nSPS) is 12.7. The molecule has 0 spiro atoms. The third-order valence-corrected chi connectivity index (χ3v) is 2.75. The molecule has 1 aromatic heterocycles. The molecule has 2 rings (SSSR count). The molecule has 0 saturated carbocycles. The maximum absolute atomic E-state index is 13.7. The molecule has 1 heterocycles. The van der Waals surface area contributed by atoms with Crippen LogP contribution in [0.3, 0.4) is 0 Å². The third-order valence-electron chi connectivity index (χ3n) is 2.75. The van der Waals surface area contributed by atoms with E-state index in [1.54, 1.807) is 26.3 Å². The molecule has 0 aliphatic heterocycles. The fourth-order valence-corrected chi connectivity index (χ4v) is 1.84. The molecule has 2 nitrogen and oxygen atoms in total. The van der Waals surface area contributed by atoms with Gasteiger partial charge in [0.2, 0.25) is 0 Å². The lowest BCUT2D eigenvalue weighted by Crippen LogP contribution is -2.18. The molecule has 0 fully saturated rings. The second-order valence-electron chi connectivity index (χ2n) is 3.90. The Bertz CT molecular complexity index is 508. The Balaban J connectivity index is 2.48. The predicted octanol–water partition coefficient (Wildman–Crippen LogP) is 3.18. The molecule has 1 aromatic carbocycles. The highest BCUT2D eigenvalue weighted by Gasteiger charge is 2.18. The van der Waals surface area contributed by atoms with E-state index in [-0.39, 0.29) is 6.04 Å². The van der Waals surface area contributed by atoms with Crippen LogP contribution >= 0.6 is 0 Å². The van der Waals surface area contributed by atoms with Crippen LogP contribution in [0.15, 0.2) is 35.1 Å². The largest absolute Gasteiger partial charge is 0.472 e. The van der Waals surface area contributed by atoms with Crippen molar-refractivity contribution in [2.24, 2.45) is 0 Å². The Morgan fingerprint density at radius 3 is 2.59 bits per heavy atom. The van der Waals surface area contributed by atoms with Crippen LogP contribution < -0.4 is 5.32 Å². The summed E-state index contributed by atoms with van der Waals surface area (Å²) >= 11 is 0. The van der Waals surface area contributed by atoms with Gasteiger partial charge in [0.15, 0.2) is 0 Å². The van der Waals surface area contributed by atoms with Gasteiger partial charge in [-0.25, -0.2) is 8.78 Å². The molecule has 0 amide bonds. The summed E-state index contributed by atoms with van der Waals surface area (Å²) in [5, 5.41) is 2.99. The SMILES string of the molecule is CNC(c1ccoc1)c1cc(C)c(F)cc1F. The molecule has 90 valence electrons. The summed E-state index contributed by atoms with van der Waals surface area (Å²) in [5.74, 6) is -1.10. The predicted molar refractivity (Wildman–Crippen MR) is 60.7 cm³/mol. The average Bonchev–Trinajstić information content (AvgIpc) is 2.80. The Labute approximate surface area is 98.3 Å². The fraction of sp³-hybridized carbons (Fsp3) is 0.231. The Kier molecular flexibility index (Phi) is 3.24. The van der Waals surface area contributed by atoms with Gasteiger partial charge in [-0.2, -0.15) is 0 Å². The van der Waals surface area contributed by atoms with Crippen molar-refractivity contribution in [2.45, 2.75) is 13.0 Å². The summed E-state index contributed by atoms with van der Waals surface area (Å²) in [6.07, 6.45) is 3.06. The van der Waals surface area contributed by atoms with E-state index in [4.69, 9.17) is 4.42 Å². The summed E-state index contributed by atoms with van der Waals surface area (Å²) in [6.45, 7) is 1.61. The molecule has 0 aliphatic carbocycles. The minimum absolute atomic E-state index is 0.340. The number of hydrogen-bond acceptors (Lipinski definition) is 2. The van der Waals surface area contributed by atoms with Crippen LogP contribution in [-0.4, -0.2) is 7.05 Å². The standard InChI is InChI=1S/C13H13F2NO/c1-8-5-10(12(15)6-11(8)14)13(16-2)9-3-4-17-7-9/h3-7,13,16H,1-2H3. The number of nitrogens with one attached hydrogen (secondary N) is 1. The summed E-state index contributed by atoms with van der Waals surface area (Å²) in [6, 6.07) is 3.83. The van der Waals surface area contributed by atoms with Crippen LogP contribution in [0.5, 0.6) is 0 Å². The minimum atomic E-state index is -0.561. The molecule has 17 heavy (non-hydrogen) atoms. The summed E-state index contributed by atoms with van der Waals surface area (Å²) in [7, 11) is 1.72. The number of rotatable bonds is 3. The maximum Gasteiger partial charge on any atom is 0.131 e. The molecule has 1 N–H and O–H groups in total. The van der Waals surface area contributed by atoms with Crippen LogP contribution in [0.2, 0.25) is 0 Å². The van der Waals surface area contributed by atoms with Gasteiger partial charge in [-0.3, -0.25) is 0 Å². The quantitative estimate of drug-likeness (QED) is 0.887. The zero-order valence-corrected chi connectivity index (χ0v) is 9.63. The second-order valence-corrected chi connectivity index (χ2v) is 3.90. The summed E-state index contributed by atoms with van der Waals surface area (Å²) < 4.78 is 31.9. The monoisotopic (exact) mass is 237 g/mol. The number of aryl methyl sites for hydroxylation is 1. The van der Waals surface area contributed by atoms with Crippen LogP contribution in [0.4, 0.5) is 8.78 Å². The third kappa shape index (κ3) is 2.22. The lowest BCUT2D eigenvalue weighted by Gasteiger charge is -2.16. The van der Waals surface area contributed by atoms with Crippen LogP contribution in [-0.2, 0) is 0 Å². The fourth-order valence-electron chi connectivity index (χ4n) is 1.84. The maximum atomic E-state index is 13.7. The van der Waals surface area contributed by atoms with E-state index in [9.17, 15) is 8.78 Å². The first kappa shape index (κ1) is 11.8. The van der Waals surface area contributed by atoms with E-state index in [1.807, 2.05) is 0 Å². The lowest BCUT2D eigenvalue weighted by molar-refractivity contribution is 0.537. The van der Waals surface area contributed by atoms with Crippen molar-refractivity contribution in [3.8, 4) is 0 Å². The van der Waals surface area contributed by atoms with Crippen LogP contribution in [0.1, 0.15) is 22.7 Å². The van der Waals surface area contributed by atoms with Crippen molar-refractivity contribution in [2.75, 3.05) is 7.05 Å². The van der Waals surface area contributed by atoms with Gasteiger partial charge in [-0.1, -0.05) is 0 Å². The van der Waals surface area contributed by atoms with Gasteiger partial charge >= 0.3 is 0 Å². The highest BCUT2D eigenvalue weighted by molar-refractivity contribution is 5.34. The van der Waals surface area contributed by atoms with E-state index in [2.05, 4.69) is 5.32 Å². The molecule has 0 saturated heterocycles. The van der Waals surface area contributed by atoms with Gasteiger partial charge in [0, 0.05) is 17.2 Å². The van der Waals surface area contributed by atoms with Gasteiger partial charge in [0.25, 0.3) is 0 Å². The van der Waals surface area contributed by atoms with Crippen molar-refractivity contribution in [3.05, 3.63) is 59.1 Å². The zero-order valence-electron chi connectivity index (χ0n) is 9.63. The molecular formula is C13H13F2NO. The van der Waals surface area contributed by atoms with E-state index in [0.717, 1.165) is 11.6 Å². The van der Waals surface area contributed by atoms with Gasteiger partial charge in [-0.15, -0.1) is 0 Å². The number of furan rings is 1. The highest BCUT2D eigenvalue weighted by atomic mass is 19.1. The molecule has 1 unspecified atom stereocenters. The van der Waals surface area contributed by atoms with Gasteiger partial charge < -0.3 is 9.73 Å². The molecule has 0 bridgehead atoms. The first-order valence-electron chi connectivity index (χ1n) is 5.28. The topological polar surface area (TPSA) is 25.2 Å². The molecule has 4 heteroatoms. The second kappa shape index (κ2) is 4.67. The van der Waals surface area contributed by atoms with Gasteiger partial charge in [0.05, 0.1) is 18.6 Å². The summed E-state index contributed by atoms with van der Waals surface area (Å²) in [5.41, 5.74) is 1.63. The van der Waals surface area contributed by atoms with Gasteiger partial charge in [-0.05, 0) is 31.7 Å². The molecule has 1 atom stereocenters. The van der Waals surface area contributed by atoms with Gasteiger partial charge in [0.1, 0.15) is 11.6 Å². The lowest BCUT2D eigenvalue weighted by atomic mass is 9.99. The number of halogens is 2. The van der Waals surface area contributed by atoms with Crippen molar-refractivity contribution in [3.63, 3.8) is 0 Å². The smallest absolute Gasteiger partial charge is 0.131 e. The number of benzene rings is 1. The van der Waals surface area contributed by atoms with Crippen molar-refractivity contribution >= 4 is 0 Å². The molecule has 2 aromatic rings. The highest BCUT2D eigenvalue weighted by Crippen LogP contribution is 2.26. The van der Waals surface area contributed by atoms with E-state index in [1.165, 1.54) is 12.3 Å². The average molecular weight is 237 g/mol. The Morgan fingerprint density at radius 1 is 1.24 bits per heavy atom. The zero-order chi connectivity index (χ0) is 12.4. The van der Waals surface area contributed by atoms with E-state index >= 15 is 0 Å². The first-order chi connectivity index (χ1) is 8.13. The molecule has 0 aliphatic rings. The molecular weight excluding hydrogens is 224 g/mol. The Hall–Kier alpha value is -1.68. The first-order valence-corrected chi connectivity index (χ1v) is 5.28. The van der Waals surface area contributed by atoms with Crippen molar-refractivity contribution in [1.82, 2.24) is 5.32 Å². The summed E-state index contributed by atoms with van der Waals surface area (Å²) in [4.78, 5) is 0. The van der Waals surface area contributed by atoms with E-state index in [0.29, 0.717) is 11.1 Å². The number of hydrogen-bond donors (Lipinski definition) is 1. The molecule has 0 radical (unpaired) electrons. The van der Waals surface area contributed by atoms with E-state index < -0.39 is 11.6 Å². The van der Waals surface area contributed by atoms with Crippen molar-refractivity contribution in [1.29, 1.82) is 0 Å². The van der Waals surface area contributed by atoms with Crippen LogP contribution in [0, 0.1) is 18.6 Å². The van der Waals surface area contributed by atoms with Crippen LogP contribution in [0.25, 0.3) is 0 Å². The minimum Gasteiger partial charge on any atom is -0.472 e. The van der Waals surface area contributed by atoms with Crippen molar-refractivity contribution < 1.29 is 13.2 Å². The Morgan fingerprint density at radius 2 is 2.00 bits per heavy atom.